The van der Waals surface area contributed by atoms with Crippen molar-refractivity contribution in [3.63, 3.8) is 0 Å². The molecular weight excluding hydrogens is 282 g/mol. The van der Waals surface area contributed by atoms with E-state index in [0.717, 1.165) is 24.8 Å². The van der Waals surface area contributed by atoms with E-state index in [-0.39, 0.29) is 0 Å². The van der Waals surface area contributed by atoms with Crippen LogP contribution in [0, 0.1) is 0 Å². The summed E-state index contributed by atoms with van der Waals surface area (Å²) in [6, 6.07) is 27.9. The van der Waals surface area contributed by atoms with Crippen molar-refractivity contribution in [3.8, 4) is 11.1 Å². The first-order valence-electron chi connectivity index (χ1n) is 7.68. The third-order valence-corrected chi connectivity index (χ3v) is 3.43. The Morgan fingerprint density at radius 1 is 0.696 bits per heavy atom. The van der Waals surface area contributed by atoms with Gasteiger partial charge in [-0.25, -0.2) is 0 Å². The molecule has 116 valence electrons. The van der Waals surface area contributed by atoms with Gasteiger partial charge >= 0.3 is 0 Å². The second-order valence-corrected chi connectivity index (χ2v) is 5.13. The molecule has 0 spiro atoms. The van der Waals surface area contributed by atoms with Crippen molar-refractivity contribution < 1.29 is 4.79 Å². The van der Waals surface area contributed by atoms with Crippen molar-refractivity contribution >= 4 is 6.29 Å². The minimum Gasteiger partial charge on any atom is -0.330 e. The average Bonchev–Trinajstić information content (AvgIpc) is 2.64. The van der Waals surface area contributed by atoms with Crippen molar-refractivity contribution in [2.75, 3.05) is 6.54 Å². The molecule has 0 aliphatic carbocycles. The molecule has 0 aliphatic rings. The van der Waals surface area contributed by atoms with Gasteiger partial charge in [0.05, 0.1) is 0 Å². The maximum absolute atomic E-state index is 10.5. The molecule has 0 saturated carbocycles. The topological polar surface area (TPSA) is 43.1 Å². The quantitative estimate of drug-likeness (QED) is 0.728. The van der Waals surface area contributed by atoms with Crippen LogP contribution in [0.4, 0.5) is 0 Å². The SMILES string of the molecule is NCCc1ccccc1.O=Cc1ccc(-c2ccccc2)cc1. The average molecular weight is 303 g/mol. The highest BCUT2D eigenvalue weighted by atomic mass is 16.1. The highest BCUT2D eigenvalue weighted by Gasteiger charge is 1.95. The largest absolute Gasteiger partial charge is 0.330 e. The first-order valence-corrected chi connectivity index (χ1v) is 7.68. The highest BCUT2D eigenvalue weighted by Crippen LogP contribution is 2.18. The van der Waals surface area contributed by atoms with Gasteiger partial charge in [-0.15, -0.1) is 0 Å². The van der Waals surface area contributed by atoms with E-state index in [4.69, 9.17) is 5.73 Å². The Kier molecular flexibility index (Phi) is 6.76. The Hall–Kier alpha value is -2.71. The lowest BCUT2D eigenvalue weighted by Crippen LogP contribution is -2.01. The second-order valence-electron chi connectivity index (χ2n) is 5.13. The van der Waals surface area contributed by atoms with Crippen molar-refractivity contribution in [3.05, 3.63) is 96.1 Å². The predicted molar refractivity (Wildman–Crippen MR) is 96.5 cm³/mol. The number of carbonyl (C=O) groups excluding carboxylic acids is 1. The van der Waals surface area contributed by atoms with Crippen LogP contribution in [0.2, 0.25) is 0 Å². The van der Waals surface area contributed by atoms with Gasteiger partial charge in [0.2, 0.25) is 0 Å². The van der Waals surface area contributed by atoms with Crippen LogP contribution >= 0.6 is 0 Å². The van der Waals surface area contributed by atoms with E-state index < -0.39 is 0 Å². The zero-order valence-corrected chi connectivity index (χ0v) is 13.1. The molecule has 0 saturated heterocycles. The fraction of sp³-hybridized carbons (Fsp3) is 0.0952. The Labute approximate surface area is 137 Å². The van der Waals surface area contributed by atoms with E-state index in [9.17, 15) is 4.79 Å². The molecule has 2 heteroatoms. The monoisotopic (exact) mass is 303 g/mol. The standard InChI is InChI=1S/C13H10O.C8H11N/c14-10-11-6-8-13(9-7-11)12-4-2-1-3-5-12;9-7-6-8-4-2-1-3-5-8/h1-10H;1-5H,6-7,9H2. The van der Waals surface area contributed by atoms with Gasteiger partial charge in [-0.05, 0) is 29.7 Å². The van der Waals surface area contributed by atoms with Crippen molar-refractivity contribution in [2.45, 2.75) is 6.42 Å². The van der Waals surface area contributed by atoms with Gasteiger partial charge in [0.15, 0.2) is 0 Å². The number of aldehydes is 1. The molecule has 0 amide bonds. The van der Waals surface area contributed by atoms with Crippen LogP contribution in [0.5, 0.6) is 0 Å². The number of nitrogens with two attached hydrogens (primary N) is 1. The van der Waals surface area contributed by atoms with Crippen LogP contribution in [-0.4, -0.2) is 12.8 Å². The van der Waals surface area contributed by atoms with Crippen LogP contribution in [-0.2, 0) is 6.42 Å². The summed E-state index contributed by atoms with van der Waals surface area (Å²) in [7, 11) is 0. The van der Waals surface area contributed by atoms with E-state index in [2.05, 4.69) is 24.3 Å². The fourth-order valence-electron chi connectivity index (χ4n) is 2.20. The van der Waals surface area contributed by atoms with Crippen molar-refractivity contribution in [1.29, 1.82) is 0 Å². The smallest absolute Gasteiger partial charge is 0.150 e. The lowest BCUT2D eigenvalue weighted by Gasteiger charge is -2.00. The second kappa shape index (κ2) is 9.34. The molecule has 0 unspecified atom stereocenters. The first kappa shape index (κ1) is 16.7. The maximum atomic E-state index is 10.5. The van der Waals surface area contributed by atoms with E-state index >= 15 is 0 Å². The summed E-state index contributed by atoms with van der Waals surface area (Å²) in [4.78, 5) is 10.5. The van der Waals surface area contributed by atoms with Gasteiger partial charge in [-0.1, -0.05) is 84.9 Å². The van der Waals surface area contributed by atoms with Crippen LogP contribution < -0.4 is 5.73 Å². The summed E-state index contributed by atoms with van der Waals surface area (Å²) >= 11 is 0. The van der Waals surface area contributed by atoms with Gasteiger partial charge < -0.3 is 5.73 Å². The molecule has 2 N–H and O–H groups in total. The Morgan fingerprint density at radius 2 is 1.22 bits per heavy atom. The van der Waals surface area contributed by atoms with Gasteiger partial charge in [-0.3, -0.25) is 4.79 Å². The number of hydrogen-bond acceptors (Lipinski definition) is 2. The molecule has 0 atom stereocenters. The summed E-state index contributed by atoms with van der Waals surface area (Å²) < 4.78 is 0. The van der Waals surface area contributed by atoms with Gasteiger partial charge in [-0.2, -0.15) is 0 Å². The summed E-state index contributed by atoms with van der Waals surface area (Å²) in [5, 5.41) is 0. The molecule has 0 aromatic heterocycles. The molecule has 2 nitrogen and oxygen atoms in total. The van der Waals surface area contributed by atoms with Gasteiger partial charge in [0, 0.05) is 5.56 Å². The van der Waals surface area contributed by atoms with Crippen molar-refractivity contribution in [2.24, 2.45) is 5.73 Å². The minimum atomic E-state index is 0.713. The zero-order valence-electron chi connectivity index (χ0n) is 13.1. The normalized spacial score (nSPS) is 9.61. The Balaban J connectivity index is 0.000000185. The lowest BCUT2D eigenvalue weighted by molar-refractivity contribution is 0.112. The molecule has 0 bridgehead atoms. The molecule has 3 rings (SSSR count). The summed E-state index contributed by atoms with van der Waals surface area (Å²) in [5.74, 6) is 0. The molecule has 0 aliphatic heterocycles. The van der Waals surface area contributed by atoms with Gasteiger partial charge in [0.25, 0.3) is 0 Å². The third-order valence-electron chi connectivity index (χ3n) is 3.43. The zero-order chi connectivity index (χ0) is 16.3. The summed E-state index contributed by atoms with van der Waals surface area (Å²) in [5.41, 5.74) is 9.70. The molecule has 3 aromatic rings. The maximum Gasteiger partial charge on any atom is 0.150 e. The van der Waals surface area contributed by atoms with Crippen LogP contribution in [0.3, 0.4) is 0 Å². The number of carbonyl (C=O) groups is 1. The number of rotatable bonds is 4. The lowest BCUT2D eigenvalue weighted by atomic mass is 10.0. The summed E-state index contributed by atoms with van der Waals surface area (Å²) in [6.07, 6.45) is 1.84. The van der Waals surface area contributed by atoms with E-state index in [1.165, 1.54) is 11.1 Å². The minimum absolute atomic E-state index is 0.713. The van der Waals surface area contributed by atoms with Crippen LogP contribution in [0.25, 0.3) is 11.1 Å². The predicted octanol–water partition coefficient (Wildman–Crippen LogP) is 4.35. The number of benzene rings is 3. The first-order chi connectivity index (χ1) is 11.3. The van der Waals surface area contributed by atoms with Crippen molar-refractivity contribution in [1.82, 2.24) is 0 Å². The molecule has 3 aromatic carbocycles. The van der Waals surface area contributed by atoms with E-state index in [0.29, 0.717) is 5.56 Å². The van der Waals surface area contributed by atoms with Crippen LogP contribution in [0.15, 0.2) is 84.9 Å². The Morgan fingerprint density at radius 3 is 1.74 bits per heavy atom. The molecular formula is C21H21NO. The molecule has 0 radical (unpaired) electrons. The van der Waals surface area contributed by atoms with E-state index in [1.807, 2.05) is 60.7 Å². The summed E-state index contributed by atoms with van der Waals surface area (Å²) in [6.45, 7) is 0.740. The van der Waals surface area contributed by atoms with Crippen LogP contribution in [0.1, 0.15) is 15.9 Å². The molecule has 0 fully saturated rings. The highest BCUT2D eigenvalue weighted by molar-refractivity contribution is 5.76. The third kappa shape index (κ3) is 5.53. The molecule has 23 heavy (non-hydrogen) atoms. The van der Waals surface area contributed by atoms with Gasteiger partial charge in [0.1, 0.15) is 6.29 Å². The van der Waals surface area contributed by atoms with E-state index in [1.54, 1.807) is 0 Å². The molecule has 0 heterocycles. The number of hydrogen-bond donors (Lipinski definition) is 1. The Bertz CT molecular complexity index is 691. The fourth-order valence-corrected chi connectivity index (χ4v) is 2.20.